The van der Waals surface area contributed by atoms with Gasteiger partial charge in [-0.1, -0.05) is 38.5 Å². The van der Waals surface area contributed by atoms with Crippen LogP contribution in [-0.2, 0) is 61.9 Å². The van der Waals surface area contributed by atoms with E-state index in [2.05, 4.69) is 10.1 Å². The summed E-state index contributed by atoms with van der Waals surface area (Å²) in [5.74, 6) is -2.12. The fourth-order valence-corrected chi connectivity index (χ4v) is 5.58. The normalized spacial score (nSPS) is 20.4. The van der Waals surface area contributed by atoms with E-state index in [-0.39, 0.29) is 58.1 Å². The van der Waals surface area contributed by atoms with Crippen LogP contribution in [0.5, 0.6) is 0 Å². The number of esters is 4. The van der Waals surface area contributed by atoms with Crippen LogP contribution >= 0.6 is 0 Å². The fourth-order valence-electron chi connectivity index (χ4n) is 5.58. The molecule has 320 valence electrons. The Morgan fingerprint density at radius 2 is 0.982 bits per heavy atom. The van der Waals surface area contributed by atoms with Crippen LogP contribution in [0, 0.1) is 0 Å². The standard InChI is InChI=1S/C40H70FNO13/c1-38(2,3)53-31(45)21-24-49-27-28-35(50-25-22-32(46)54-39(4,5)6)36(51-26-23-33(47)55-40(7,8)9)34(41)37(52-28)42-29(43)19-17-15-13-11-12-14-16-18-20-30(44)48-10/h28,34-37H,11-27H2,1-10H3,(H,42,43)/t28-,34-,35-,36-,37-/m1/s1. The average Bonchev–Trinajstić information content (AvgIpc) is 3.04. The molecule has 0 aliphatic carbocycles. The molecule has 1 rings (SSSR count). The molecule has 0 spiro atoms. The molecule has 0 aromatic rings. The number of carbonyl (C=O) groups excluding carboxylic acids is 5. The second kappa shape index (κ2) is 25.4. The summed E-state index contributed by atoms with van der Waals surface area (Å²) in [6, 6.07) is 0. The minimum atomic E-state index is -1.92. The largest absolute Gasteiger partial charge is 0.469 e. The molecular weight excluding hydrogens is 721 g/mol. The van der Waals surface area contributed by atoms with Crippen molar-refractivity contribution in [2.24, 2.45) is 0 Å². The van der Waals surface area contributed by atoms with E-state index in [1.165, 1.54) is 7.11 Å². The van der Waals surface area contributed by atoms with Crippen LogP contribution in [0.1, 0.15) is 146 Å². The van der Waals surface area contributed by atoms with Crippen molar-refractivity contribution < 1.29 is 66.3 Å². The first-order valence-corrected chi connectivity index (χ1v) is 19.7. The number of hydrogen-bond acceptors (Lipinski definition) is 13. The van der Waals surface area contributed by atoms with Crippen LogP contribution in [0.15, 0.2) is 0 Å². The van der Waals surface area contributed by atoms with E-state index in [1.54, 1.807) is 62.3 Å². The molecule has 55 heavy (non-hydrogen) atoms. The lowest BCUT2D eigenvalue weighted by molar-refractivity contribution is -0.247. The van der Waals surface area contributed by atoms with Gasteiger partial charge < -0.3 is 43.2 Å². The molecule has 0 saturated carbocycles. The molecule has 1 fully saturated rings. The van der Waals surface area contributed by atoms with Crippen molar-refractivity contribution in [1.82, 2.24) is 5.32 Å². The predicted molar refractivity (Wildman–Crippen MR) is 202 cm³/mol. The topological polar surface area (TPSA) is 171 Å². The molecule has 1 aliphatic rings. The van der Waals surface area contributed by atoms with Crippen molar-refractivity contribution >= 4 is 29.8 Å². The Labute approximate surface area is 327 Å². The van der Waals surface area contributed by atoms with Gasteiger partial charge >= 0.3 is 23.9 Å². The van der Waals surface area contributed by atoms with E-state index >= 15 is 4.39 Å². The third kappa shape index (κ3) is 25.1. The maximum Gasteiger partial charge on any atom is 0.308 e. The zero-order valence-electron chi connectivity index (χ0n) is 35.1. The van der Waals surface area contributed by atoms with Gasteiger partial charge in [0.1, 0.15) is 35.1 Å². The van der Waals surface area contributed by atoms with Crippen molar-refractivity contribution in [3.05, 3.63) is 0 Å². The third-order valence-electron chi connectivity index (χ3n) is 7.91. The van der Waals surface area contributed by atoms with Crippen LogP contribution in [0.4, 0.5) is 4.39 Å². The zero-order valence-corrected chi connectivity index (χ0v) is 35.1. The Kier molecular flexibility index (Phi) is 23.1. The molecule has 1 N–H and O–H groups in total. The Morgan fingerprint density at radius 1 is 0.564 bits per heavy atom. The number of halogens is 1. The van der Waals surface area contributed by atoms with Gasteiger partial charge in [-0.2, -0.15) is 0 Å². The maximum atomic E-state index is 16.4. The summed E-state index contributed by atoms with van der Waals surface area (Å²) in [5.41, 5.74) is -2.11. The average molecular weight is 792 g/mol. The highest BCUT2D eigenvalue weighted by molar-refractivity contribution is 5.76. The van der Waals surface area contributed by atoms with Crippen LogP contribution in [-0.4, -0.2) is 111 Å². The number of alkyl halides is 1. The van der Waals surface area contributed by atoms with Gasteiger partial charge in [-0.05, 0) is 75.2 Å². The van der Waals surface area contributed by atoms with E-state index in [9.17, 15) is 24.0 Å². The Hall–Kier alpha value is -2.88. The number of unbranched alkanes of at least 4 members (excludes halogenated alkanes) is 7. The van der Waals surface area contributed by atoms with Crippen LogP contribution in [0.2, 0.25) is 0 Å². The fraction of sp³-hybridized carbons (Fsp3) is 0.875. The van der Waals surface area contributed by atoms with E-state index in [0.717, 1.165) is 44.9 Å². The third-order valence-corrected chi connectivity index (χ3v) is 7.91. The number of rotatable bonds is 25. The summed E-state index contributed by atoms with van der Waals surface area (Å²) in [4.78, 5) is 61.4. The second-order valence-corrected chi connectivity index (χ2v) is 16.8. The van der Waals surface area contributed by atoms with Crippen molar-refractivity contribution in [3.63, 3.8) is 0 Å². The molecular formula is C40H70FNO13. The van der Waals surface area contributed by atoms with Crippen molar-refractivity contribution in [2.45, 2.75) is 193 Å². The highest BCUT2D eigenvalue weighted by Gasteiger charge is 2.48. The molecule has 14 nitrogen and oxygen atoms in total. The van der Waals surface area contributed by atoms with Crippen LogP contribution in [0.3, 0.4) is 0 Å². The summed E-state index contributed by atoms with van der Waals surface area (Å²) < 4.78 is 60.9. The zero-order chi connectivity index (χ0) is 41.7. The minimum Gasteiger partial charge on any atom is -0.469 e. The Morgan fingerprint density at radius 3 is 1.44 bits per heavy atom. The lowest BCUT2D eigenvalue weighted by Crippen LogP contribution is -2.63. The number of amides is 1. The molecule has 1 saturated heterocycles. The quantitative estimate of drug-likeness (QED) is 0.0628. The Balaban J connectivity index is 2.98. The molecule has 1 amide bonds. The molecule has 0 unspecified atom stereocenters. The van der Waals surface area contributed by atoms with Gasteiger partial charge in [-0.25, -0.2) is 4.39 Å². The smallest absolute Gasteiger partial charge is 0.308 e. The molecule has 0 aromatic carbocycles. The number of carbonyl (C=O) groups is 5. The lowest BCUT2D eigenvalue weighted by atomic mass is 9.98. The summed E-state index contributed by atoms with van der Waals surface area (Å²) >= 11 is 0. The highest BCUT2D eigenvalue weighted by atomic mass is 19.1. The van der Waals surface area contributed by atoms with E-state index in [0.29, 0.717) is 12.8 Å². The maximum absolute atomic E-state index is 16.4. The number of methoxy groups -OCH3 is 1. The van der Waals surface area contributed by atoms with Gasteiger partial charge in [-0.3, -0.25) is 24.0 Å². The van der Waals surface area contributed by atoms with Crippen molar-refractivity contribution in [2.75, 3.05) is 33.5 Å². The van der Waals surface area contributed by atoms with Gasteiger partial charge in [0.15, 0.2) is 12.4 Å². The van der Waals surface area contributed by atoms with E-state index in [1.807, 2.05) is 0 Å². The van der Waals surface area contributed by atoms with E-state index in [4.69, 9.17) is 33.2 Å². The summed E-state index contributed by atoms with van der Waals surface area (Å²) in [7, 11) is 1.39. The lowest BCUT2D eigenvalue weighted by Gasteiger charge is -2.43. The molecule has 1 heterocycles. The summed E-state index contributed by atoms with van der Waals surface area (Å²) in [6.45, 7) is 15.1. The first-order chi connectivity index (χ1) is 25.6. The van der Waals surface area contributed by atoms with E-state index < -0.39 is 71.3 Å². The SMILES string of the molecule is COC(=O)CCCCCCCCCCC(=O)N[C@@H]1O[C@H](COCCC(=O)OC(C)(C)C)[C@@H](OCCC(=O)OC(C)(C)C)[C@H](OCCC(=O)OC(C)(C)C)[C@H]1F. The Bertz CT molecular complexity index is 1160. The summed E-state index contributed by atoms with van der Waals surface area (Å²) in [6.07, 6.45) is 0.557. The predicted octanol–water partition coefficient (Wildman–Crippen LogP) is 6.22. The molecule has 0 bridgehead atoms. The molecule has 15 heteroatoms. The van der Waals surface area contributed by atoms with Gasteiger partial charge in [0.2, 0.25) is 5.91 Å². The monoisotopic (exact) mass is 791 g/mol. The highest BCUT2D eigenvalue weighted by Crippen LogP contribution is 2.29. The van der Waals surface area contributed by atoms with Gasteiger partial charge in [0.25, 0.3) is 0 Å². The van der Waals surface area contributed by atoms with Crippen molar-refractivity contribution in [3.8, 4) is 0 Å². The first-order valence-electron chi connectivity index (χ1n) is 19.7. The summed E-state index contributed by atoms with van der Waals surface area (Å²) in [5, 5.41) is 2.65. The molecule has 5 atom stereocenters. The van der Waals surface area contributed by atoms with Crippen molar-refractivity contribution in [1.29, 1.82) is 0 Å². The first kappa shape index (κ1) is 50.1. The van der Waals surface area contributed by atoms with Gasteiger partial charge in [-0.15, -0.1) is 0 Å². The van der Waals surface area contributed by atoms with Gasteiger partial charge in [0, 0.05) is 12.8 Å². The second-order valence-electron chi connectivity index (χ2n) is 16.8. The van der Waals surface area contributed by atoms with Crippen LogP contribution in [0.25, 0.3) is 0 Å². The minimum absolute atomic E-state index is 0.0346. The van der Waals surface area contributed by atoms with Gasteiger partial charge in [0.05, 0.1) is 52.8 Å². The van der Waals surface area contributed by atoms with Crippen LogP contribution < -0.4 is 5.32 Å². The molecule has 0 radical (unpaired) electrons. The number of ether oxygens (including phenoxy) is 8. The number of nitrogens with one attached hydrogen (secondary N) is 1. The molecule has 0 aromatic heterocycles. The number of hydrogen-bond donors (Lipinski definition) is 1. The molecule has 1 aliphatic heterocycles.